The number of rotatable bonds is 4. The van der Waals surface area contributed by atoms with E-state index in [9.17, 15) is 0 Å². The zero-order valence-electron chi connectivity index (χ0n) is 13.3. The van der Waals surface area contributed by atoms with E-state index in [0.29, 0.717) is 0 Å². The Morgan fingerprint density at radius 1 is 1.00 bits per heavy atom. The minimum Gasteiger partial charge on any atom is -0.350 e. The maximum atomic E-state index is 4.40. The lowest BCUT2D eigenvalue weighted by atomic mass is 10.1. The maximum Gasteiger partial charge on any atom is 0.109 e. The van der Waals surface area contributed by atoms with Crippen LogP contribution in [0.4, 0.5) is 5.00 Å². The number of para-hydroxylation sites is 1. The minimum atomic E-state index is 1.03. The number of hydrazone groups is 1. The van der Waals surface area contributed by atoms with Gasteiger partial charge in [0.2, 0.25) is 0 Å². The Kier molecular flexibility index (Phi) is 3.89. The molecule has 0 saturated heterocycles. The molecule has 0 aliphatic rings. The molecule has 0 aliphatic heterocycles. The highest BCUT2D eigenvalue weighted by Gasteiger charge is 2.04. The van der Waals surface area contributed by atoms with Gasteiger partial charge in [-0.2, -0.15) is 5.10 Å². The van der Waals surface area contributed by atoms with E-state index in [1.165, 1.54) is 22.0 Å². The monoisotopic (exact) mass is 331 g/mol. The van der Waals surface area contributed by atoms with Gasteiger partial charge in [-0.1, -0.05) is 48.5 Å². The lowest BCUT2D eigenvalue weighted by Crippen LogP contribution is -1.87. The predicted octanol–water partition coefficient (Wildman–Crippen LogP) is 5.35. The summed E-state index contributed by atoms with van der Waals surface area (Å²) in [5.74, 6) is 0. The number of nitrogens with zero attached hydrogens (tertiary/aromatic N) is 2. The highest BCUT2D eigenvalue weighted by atomic mass is 32.1. The summed E-state index contributed by atoms with van der Waals surface area (Å²) in [7, 11) is 2.05. The Bertz CT molecular complexity index is 996. The summed E-state index contributed by atoms with van der Waals surface area (Å²) in [5.41, 5.74) is 7.89. The second kappa shape index (κ2) is 6.34. The van der Waals surface area contributed by atoms with Crippen molar-refractivity contribution in [3.05, 3.63) is 77.8 Å². The first kappa shape index (κ1) is 14.7. The van der Waals surface area contributed by atoms with Crippen LogP contribution in [0.15, 0.2) is 77.3 Å². The molecule has 2 heterocycles. The summed E-state index contributed by atoms with van der Waals surface area (Å²) in [6.45, 7) is 0. The fourth-order valence-electron chi connectivity index (χ4n) is 2.82. The number of hydrogen-bond donors (Lipinski definition) is 1. The van der Waals surface area contributed by atoms with Crippen molar-refractivity contribution >= 4 is 33.5 Å². The molecule has 0 aliphatic carbocycles. The van der Waals surface area contributed by atoms with Gasteiger partial charge in [0.05, 0.1) is 6.21 Å². The molecule has 0 amide bonds. The Morgan fingerprint density at radius 3 is 2.67 bits per heavy atom. The fraction of sp³-hybridized carbons (Fsp3) is 0.0500. The number of aromatic nitrogens is 1. The van der Waals surface area contributed by atoms with Gasteiger partial charge in [0.15, 0.2) is 0 Å². The van der Waals surface area contributed by atoms with Crippen molar-refractivity contribution in [1.29, 1.82) is 0 Å². The van der Waals surface area contributed by atoms with Gasteiger partial charge in [-0.15, -0.1) is 11.3 Å². The molecule has 0 unspecified atom stereocenters. The average molecular weight is 331 g/mol. The first-order valence-corrected chi connectivity index (χ1v) is 8.66. The Balaban J connectivity index is 1.52. The molecule has 2 aromatic heterocycles. The quantitative estimate of drug-likeness (QED) is 0.396. The molecule has 118 valence electrons. The Morgan fingerprint density at radius 2 is 1.79 bits per heavy atom. The van der Waals surface area contributed by atoms with Gasteiger partial charge in [0.1, 0.15) is 5.00 Å². The molecule has 4 aromatic rings. The third-order valence-electron chi connectivity index (χ3n) is 4.01. The molecule has 0 atom stereocenters. The molecule has 0 fully saturated rings. The van der Waals surface area contributed by atoms with E-state index in [0.717, 1.165) is 10.6 Å². The molecule has 0 spiro atoms. The van der Waals surface area contributed by atoms with E-state index in [1.54, 1.807) is 11.3 Å². The standard InChI is InChI=1S/C20H17N3S/c1-23-13-17(18-9-5-6-10-19(18)23)12-21-22-20-11-16(14-24-20)15-7-3-2-4-8-15/h2-14,22H,1H3/b21-12+. The fourth-order valence-corrected chi connectivity index (χ4v) is 3.58. The minimum absolute atomic E-state index is 1.03. The second-order valence-corrected chi connectivity index (χ2v) is 6.56. The van der Waals surface area contributed by atoms with Crippen LogP contribution < -0.4 is 5.43 Å². The molecule has 1 N–H and O–H groups in total. The topological polar surface area (TPSA) is 29.3 Å². The molecule has 0 bridgehead atoms. The van der Waals surface area contributed by atoms with E-state index in [4.69, 9.17) is 0 Å². The van der Waals surface area contributed by atoms with Gasteiger partial charge < -0.3 is 4.57 Å². The second-order valence-electron chi connectivity index (χ2n) is 5.65. The summed E-state index contributed by atoms with van der Waals surface area (Å²) < 4.78 is 2.12. The van der Waals surface area contributed by atoms with Crippen LogP contribution in [0.5, 0.6) is 0 Å². The number of nitrogens with one attached hydrogen (secondary N) is 1. The van der Waals surface area contributed by atoms with Gasteiger partial charge >= 0.3 is 0 Å². The van der Waals surface area contributed by atoms with Crippen molar-refractivity contribution in [3.8, 4) is 11.1 Å². The van der Waals surface area contributed by atoms with Gasteiger partial charge in [-0.05, 0) is 23.3 Å². The lowest BCUT2D eigenvalue weighted by molar-refractivity contribution is 0.968. The van der Waals surface area contributed by atoms with Crippen molar-refractivity contribution in [2.24, 2.45) is 12.1 Å². The van der Waals surface area contributed by atoms with Crippen molar-refractivity contribution in [1.82, 2.24) is 4.57 Å². The Labute approximate surface area is 144 Å². The molecule has 4 rings (SSSR count). The van der Waals surface area contributed by atoms with Gasteiger partial charge in [-0.3, -0.25) is 5.43 Å². The molecule has 0 saturated carbocycles. The van der Waals surface area contributed by atoms with Crippen molar-refractivity contribution < 1.29 is 0 Å². The first-order chi connectivity index (χ1) is 11.8. The summed E-state index contributed by atoms with van der Waals surface area (Å²) in [4.78, 5) is 0. The predicted molar refractivity (Wildman–Crippen MR) is 104 cm³/mol. The van der Waals surface area contributed by atoms with Crippen LogP contribution >= 0.6 is 11.3 Å². The van der Waals surface area contributed by atoms with Crippen LogP contribution in [0.1, 0.15) is 5.56 Å². The van der Waals surface area contributed by atoms with Crippen LogP contribution in [0.2, 0.25) is 0 Å². The third-order valence-corrected chi connectivity index (χ3v) is 4.85. The van der Waals surface area contributed by atoms with Crippen molar-refractivity contribution in [3.63, 3.8) is 0 Å². The molecule has 0 radical (unpaired) electrons. The van der Waals surface area contributed by atoms with Crippen LogP contribution in [-0.4, -0.2) is 10.8 Å². The highest BCUT2D eigenvalue weighted by molar-refractivity contribution is 7.14. The van der Waals surface area contributed by atoms with E-state index in [2.05, 4.69) is 88.3 Å². The average Bonchev–Trinajstić information content (AvgIpc) is 3.22. The van der Waals surface area contributed by atoms with E-state index in [-0.39, 0.29) is 0 Å². The number of hydrogen-bond acceptors (Lipinski definition) is 3. The number of anilines is 1. The van der Waals surface area contributed by atoms with E-state index in [1.807, 2.05) is 12.3 Å². The zero-order chi connectivity index (χ0) is 16.4. The smallest absolute Gasteiger partial charge is 0.109 e. The number of aryl methyl sites for hydroxylation is 1. The third kappa shape index (κ3) is 2.84. The molecule has 4 heteroatoms. The van der Waals surface area contributed by atoms with Crippen LogP contribution in [-0.2, 0) is 7.05 Å². The van der Waals surface area contributed by atoms with E-state index >= 15 is 0 Å². The normalized spacial score (nSPS) is 11.4. The number of benzene rings is 2. The molecular weight excluding hydrogens is 314 g/mol. The number of fused-ring (bicyclic) bond motifs is 1. The summed E-state index contributed by atoms with van der Waals surface area (Å²) in [6, 6.07) is 20.8. The summed E-state index contributed by atoms with van der Waals surface area (Å²) in [6.07, 6.45) is 3.98. The lowest BCUT2D eigenvalue weighted by Gasteiger charge is -1.96. The van der Waals surface area contributed by atoms with Crippen molar-refractivity contribution in [2.75, 3.05) is 5.43 Å². The van der Waals surface area contributed by atoms with Crippen LogP contribution in [0.25, 0.3) is 22.0 Å². The highest BCUT2D eigenvalue weighted by Crippen LogP contribution is 2.28. The van der Waals surface area contributed by atoms with Crippen LogP contribution in [0.3, 0.4) is 0 Å². The SMILES string of the molecule is Cn1cc(/C=N/Nc2cc(-c3ccccc3)cs2)c2ccccc21. The molecule has 2 aromatic carbocycles. The molecule has 24 heavy (non-hydrogen) atoms. The maximum absolute atomic E-state index is 4.40. The van der Waals surface area contributed by atoms with Crippen LogP contribution in [0, 0.1) is 0 Å². The molecular formula is C20H17N3S. The molecule has 3 nitrogen and oxygen atoms in total. The van der Waals surface area contributed by atoms with E-state index < -0.39 is 0 Å². The largest absolute Gasteiger partial charge is 0.350 e. The zero-order valence-corrected chi connectivity index (χ0v) is 14.1. The first-order valence-electron chi connectivity index (χ1n) is 7.78. The van der Waals surface area contributed by atoms with Gasteiger partial charge in [0.25, 0.3) is 0 Å². The Hall–Kier alpha value is -2.85. The van der Waals surface area contributed by atoms with Gasteiger partial charge in [0, 0.05) is 35.1 Å². The van der Waals surface area contributed by atoms with Gasteiger partial charge in [-0.25, -0.2) is 0 Å². The summed E-state index contributed by atoms with van der Waals surface area (Å²) >= 11 is 1.66. The number of thiophene rings is 1. The van der Waals surface area contributed by atoms with Crippen molar-refractivity contribution in [2.45, 2.75) is 0 Å². The summed E-state index contributed by atoms with van der Waals surface area (Å²) in [5, 5.41) is 8.79.